The Bertz CT molecular complexity index is 223. The van der Waals surface area contributed by atoms with Crippen molar-refractivity contribution in [2.75, 3.05) is 40.0 Å². The Balaban J connectivity index is 3.51. The number of unbranched alkanes of at least 4 members (excludes halogenated alkanes) is 1. The van der Waals surface area contributed by atoms with Crippen LogP contribution in [-0.4, -0.2) is 45.9 Å². The fourth-order valence-corrected chi connectivity index (χ4v) is 1.81. The molecule has 114 valence electrons. The van der Waals surface area contributed by atoms with E-state index in [4.69, 9.17) is 15.2 Å². The van der Waals surface area contributed by atoms with Crippen LogP contribution in [-0.2, 0) is 14.3 Å². The van der Waals surface area contributed by atoms with Crippen LogP contribution in [0.15, 0.2) is 0 Å². The lowest BCUT2D eigenvalue weighted by molar-refractivity contribution is -0.125. The first kappa shape index (κ1) is 18.4. The molecular formula is C14H30N2O3. The lowest BCUT2D eigenvalue weighted by atomic mass is 9.96. The SMILES string of the molecule is COCCOCCCCNC(=O)C(CN)CC(C)C. The average Bonchev–Trinajstić information content (AvgIpc) is 2.38. The van der Waals surface area contributed by atoms with Gasteiger partial charge in [0.1, 0.15) is 0 Å². The molecule has 0 aromatic carbocycles. The summed E-state index contributed by atoms with van der Waals surface area (Å²) in [5, 5.41) is 2.94. The predicted octanol–water partition coefficient (Wildman–Crippen LogP) is 1.17. The van der Waals surface area contributed by atoms with Crippen molar-refractivity contribution in [1.82, 2.24) is 5.32 Å². The van der Waals surface area contributed by atoms with Crippen LogP contribution in [0.4, 0.5) is 0 Å². The zero-order valence-electron chi connectivity index (χ0n) is 12.6. The van der Waals surface area contributed by atoms with E-state index in [1.54, 1.807) is 7.11 Å². The lowest BCUT2D eigenvalue weighted by Gasteiger charge is -2.16. The minimum absolute atomic E-state index is 0.0575. The minimum atomic E-state index is -0.0575. The van der Waals surface area contributed by atoms with Gasteiger partial charge in [-0.15, -0.1) is 0 Å². The minimum Gasteiger partial charge on any atom is -0.382 e. The number of amides is 1. The molecule has 0 rings (SSSR count). The first-order valence-electron chi connectivity index (χ1n) is 7.16. The summed E-state index contributed by atoms with van der Waals surface area (Å²) in [6.07, 6.45) is 2.72. The van der Waals surface area contributed by atoms with Gasteiger partial charge in [0, 0.05) is 26.8 Å². The maximum Gasteiger partial charge on any atom is 0.224 e. The summed E-state index contributed by atoms with van der Waals surface area (Å²) in [4.78, 5) is 11.8. The van der Waals surface area contributed by atoms with Crippen molar-refractivity contribution in [2.45, 2.75) is 33.1 Å². The molecule has 1 unspecified atom stereocenters. The fourth-order valence-electron chi connectivity index (χ4n) is 1.81. The van der Waals surface area contributed by atoms with Gasteiger partial charge in [0.2, 0.25) is 5.91 Å². The van der Waals surface area contributed by atoms with Gasteiger partial charge in [-0.25, -0.2) is 0 Å². The second kappa shape index (κ2) is 12.4. The highest BCUT2D eigenvalue weighted by atomic mass is 16.5. The van der Waals surface area contributed by atoms with Gasteiger partial charge in [0.25, 0.3) is 0 Å². The van der Waals surface area contributed by atoms with Gasteiger partial charge in [-0.1, -0.05) is 13.8 Å². The molecule has 1 atom stereocenters. The Morgan fingerprint density at radius 2 is 1.95 bits per heavy atom. The van der Waals surface area contributed by atoms with Crippen LogP contribution in [0.1, 0.15) is 33.1 Å². The van der Waals surface area contributed by atoms with Crippen LogP contribution >= 0.6 is 0 Å². The Morgan fingerprint density at radius 3 is 2.53 bits per heavy atom. The van der Waals surface area contributed by atoms with Crippen molar-refractivity contribution in [3.63, 3.8) is 0 Å². The monoisotopic (exact) mass is 274 g/mol. The third-order valence-corrected chi connectivity index (χ3v) is 2.86. The normalized spacial score (nSPS) is 12.7. The van der Waals surface area contributed by atoms with E-state index in [2.05, 4.69) is 19.2 Å². The van der Waals surface area contributed by atoms with Crippen molar-refractivity contribution < 1.29 is 14.3 Å². The molecule has 0 aliphatic carbocycles. The summed E-state index contributed by atoms with van der Waals surface area (Å²) in [7, 11) is 1.66. The molecular weight excluding hydrogens is 244 g/mol. The van der Waals surface area contributed by atoms with Gasteiger partial charge in [-0.3, -0.25) is 4.79 Å². The van der Waals surface area contributed by atoms with E-state index in [0.29, 0.717) is 38.8 Å². The fraction of sp³-hybridized carbons (Fsp3) is 0.929. The molecule has 0 spiro atoms. The van der Waals surface area contributed by atoms with E-state index in [1.165, 1.54) is 0 Å². The molecule has 0 aromatic heterocycles. The summed E-state index contributed by atoms with van der Waals surface area (Å²) >= 11 is 0. The number of carbonyl (C=O) groups is 1. The maximum absolute atomic E-state index is 11.8. The van der Waals surface area contributed by atoms with Gasteiger partial charge in [-0.05, 0) is 25.2 Å². The van der Waals surface area contributed by atoms with Crippen molar-refractivity contribution >= 4 is 5.91 Å². The van der Waals surface area contributed by atoms with Crippen LogP contribution < -0.4 is 11.1 Å². The predicted molar refractivity (Wildman–Crippen MR) is 76.9 cm³/mol. The van der Waals surface area contributed by atoms with Crippen molar-refractivity contribution in [3.05, 3.63) is 0 Å². The van der Waals surface area contributed by atoms with Crippen molar-refractivity contribution in [3.8, 4) is 0 Å². The summed E-state index contributed by atoms with van der Waals surface area (Å²) < 4.78 is 10.2. The highest BCUT2D eigenvalue weighted by molar-refractivity contribution is 5.78. The molecule has 3 N–H and O–H groups in total. The maximum atomic E-state index is 11.8. The molecule has 0 bridgehead atoms. The number of rotatable bonds is 12. The van der Waals surface area contributed by atoms with Gasteiger partial charge < -0.3 is 20.5 Å². The van der Waals surface area contributed by atoms with E-state index < -0.39 is 0 Å². The van der Waals surface area contributed by atoms with Crippen LogP contribution in [0.2, 0.25) is 0 Å². The van der Waals surface area contributed by atoms with Crippen LogP contribution in [0.25, 0.3) is 0 Å². The Kier molecular flexibility index (Phi) is 12.0. The molecule has 5 heteroatoms. The largest absolute Gasteiger partial charge is 0.382 e. The second-order valence-corrected chi connectivity index (χ2v) is 5.17. The van der Waals surface area contributed by atoms with Crippen LogP contribution in [0.3, 0.4) is 0 Å². The quantitative estimate of drug-likeness (QED) is 0.524. The topological polar surface area (TPSA) is 73.6 Å². The van der Waals surface area contributed by atoms with Gasteiger partial charge >= 0.3 is 0 Å². The molecule has 1 amide bonds. The zero-order chi connectivity index (χ0) is 14.5. The third-order valence-electron chi connectivity index (χ3n) is 2.86. The van der Waals surface area contributed by atoms with Gasteiger partial charge in [0.05, 0.1) is 19.1 Å². The number of nitrogens with two attached hydrogens (primary N) is 1. The molecule has 0 heterocycles. The van der Waals surface area contributed by atoms with Crippen molar-refractivity contribution in [1.29, 1.82) is 0 Å². The van der Waals surface area contributed by atoms with Gasteiger partial charge in [-0.2, -0.15) is 0 Å². The number of hydrogen-bond acceptors (Lipinski definition) is 4. The van der Waals surface area contributed by atoms with Gasteiger partial charge in [0.15, 0.2) is 0 Å². The number of carbonyl (C=O) groups excluding carboxylic acids is 1. The molecule has 0 saturated carbocycles. The molecule has 0 aromatic rings. The molecule has 5 nitrogen and oxygen atoms in total. The van der Waals surface area contributed by atoms with E-state index in [1.807, 2.05) is 0 Å². The molecule has 0 saturated heterocycles. The summed E-state index contributed by atoms with van der Waals surface area (Å²) in [5.74, 6) is 0.517. The van der Waals surface area contributed by atoms with E-state index in [9.17, 15) is 4.79 Å². The molecule has 0 radical (unpaired) electrons. The number of methoxy groups -OCH3 is 1. The Hall–Kier alpha value is -0.650. The smallest absolute Gasteiger partial charge is 0.224 e. The van der Waals surface area contributed by atoms with Crippen LogP contribution in [0.5, 0.6) is 0 Å². The lowest BCUT2D eigenvalue weighted by Crippen LogP contribution is -2.36. The van der Waals surface area contributed by atoms with Crippen molar-refractivity contribution in [2.24, 2.45) is 17.6 Å². The Labute approximate surface area is 117 Å². The second-order valence-electron chi connectivity index (χ2n) is 5.17. The standard InChI is InChI=1S/C14H30N2O3/c1-12(2)10-13(11-15)14(17)16-6-4-5-7-19-9-8-18-3/h12-13H,4-11,15H2,1-3H3,(H,16,17). The summed E-state index contributed by atoms with van der Waals surface area (Å²) in [6.45, 7) is 7.30. The van der Waals surface area contributed by atoms with E-state index in [0.717, 1.165) is 19.3 Å². The average molecular weight is 274 g/mol. The van der Waals surface area contributed by atoms with E-state index >= 15 is 0 Å². The molecule has 0 aliphatic heterocycles. The third kappa shape index (κ3) is 10.9. The first-order chi connectivity index (χ1) is 9.11. The van der Waals surface area contributed by atoms with E-state index in [-0.39, 0.29) is 11.8 Å². The zero-order valence-corrected chi connectivity index (χ0v) is 12.6. The molecule has 0 aliphatic rings. The Morgan fingerprint density at radius 1 is 1.21 bits per heavy atom. The molecule has 0 fully saturated rings. The highest BCUT2D eigenvalue weighted by Crippen LogP contribution is 2.10. The summed E-state index contributed by atoms with van der Waals surface area (Å²) in [6, 6.07) is 0. The van der Waals surface area contributed by atoms with Crippen LogP contribution in [0, 0.1) is 11.8 Å². The highest BCUT2D eigenvalue weighted by Gasteiger charge is 2.17. The summed E-state index contributed by atoms with van der Waals surface area (Å²) in [5.41, 5.74) is 5.63. The molecule has 19 heavy (non-hydrogen) atoms. The first-order valence-corrected chi connectivity index (χ1v) is 7.16. The number of nitrogens with one attached hydrogen (secondary N) is 1. The number of ether oxygens (including phenoxy) is 2. The number of hydrogen-bond donors (Lipinski definition) is 2.